The van der Waals surface area contributed by atoms with Gasteiger partial charge in [0.15, 0.2) is 11.6 Å². The molecule has 1 N–H and O–H groups in total. The zero-order valence-electron chi connectivity index (χ0n) is 13.7. The first-order valence-corrected chi connectivity index (χ1v) is 8.49. The monoisotopic (exact) mass is 343 g/mol. The van der Waals surface area contributed by atoms with Gasteiger partial charge >= 0.3 is 0 Å². The maximum absolute atomic E-state index is 13.6. The second-order valence-corrected chi connectivity index (χ2v) is 6.36. The smallest absolute Gasteiger partial charge is 0.241 e. The average molecular weight is 343 g/mol. The minimum atomic E-state index is -0.896. The summed E-state index contributed by atoms with van der Waals surface area (Å²) in [6.07, 6.45) is 2.28. The summed E-state index contributed by atoms with van der Waals surface area (Å²) < 4.78 is 34.4. The summed E-state index contributed by atoms with van der Waals surface area (Å²) in [7, 11) is 0. The van der Waals surface area contributed by atoms with Gasteiger partial charge in [0, 0.05) is 18.5 Å². The third kappa shape index (κ3) is 3.22. The molecule has 2 heterocycles. The Labute approximate surface area is 144 Å². The Kier molecular flexibility index (Phi) is 4.36. The van der Waals surface area contributed by atoms with E-state index in [0.717, 1.165) is 49.0 Å². The van der Waals surface area contributed by atoms with E-state index in [1.807, 2.05) is 24.3 Å². The molecular formula is C19H19F2N3O. The molecule has 0 bridgehead atoms. The molecule has 0 amide bonds. The number of hydrogen-bond donors (Lipinski definition) is 1. The minimum Gasteiger partial charge on any atom is -0.476 e. The molecule has 1 atom stereocenters. The molecule has 1 aliphatic heterocycles. The van der Waals surface area contributed by atoms with Gasteiger partial charge < -0.3 is 10.1 Å². The summed E-state index contributed by atoms with van der Waals surface area (Å²) in [4.78, 5) is 0. The van der Waals surface area contributed by atoms with Crippen molar-refractivity contribution in [1.29, 1.82) is 0 Å². The molecular weight excluding hydrogens is 324 g/mol. The lowest BCUT2D eigenvalue weighted by Crippen LogP contribution is -2.33. The van der Waals surface area contributed by atoms with Gasteiger partial charge in [-0.3, -0.25) is 0 Å². The van der Waals surface area contributed by atoms with Crippen LogP contribution in [0.15, 0.2) is 42.5 Å². The summed E-state index contributed by atoms with van der Waals surface area (Å²) in [5, 5.41) is 8.73. The van der Waals surface area contributed by atoms with Crippen LogP contribution < -0.4 is 10.1 Å². The van der Waals surface area contributed by atoms with Gasteiger partial charge in [0.05, 0.1) is 23.2 Å². The maximum atomic E-state index is 13.6. The number of nitrogens with one attached hydrogen (secondary N) is 1. The van der Waals surface area contributed by atoms with E-state index in [4.69, 9.17) is 4.74 Å². The molecule has 6 heteroatoms. The molecule has 130 valence electrons. The molecule has 25 heavy (non-hydrogen) atoms. The summed E-state index contributed by atoms with van der Waals surface area (Å²) in [6.45, 7) is 2.60. The van der Waals surface area contributed by atoms with Crippen LogP contribution in [-0.2, 0) is 0 Å². The van der Waals surface area contributed by atoms with Crippen molar-refractivity contribution in [2.45, 2.75) is 12.8 Å². The van der Waals surface area contributed by atoms with Crippen molar-refractivity contribution in [3.05, 3.63) is 54.1 Å². The van der Waals surface area contributed by atoms with Crippen LogP contribution in [-0.4, -0.2) is 29.5 Å². The number of benzene rings is 2. The van der Waals surface area contributed by atoms with Crippen molar-refractivity contribution in [1.82, 2.24) is 15.1 Å². The fraction of sp³-hybridized carbons (Fsp3) is 0.316. The van der Waals surface area contributed by atoms with E-state index in [1.54, 1.807) is 4.68 Å². The molecule has 1 aromatic heterocycles. The average Bonchev–Trinajstić information content (AvgIpc) is 3.02. The third-order valence-electron chi connectivity index (χ3n) is 4.56. The van der Waals surface area contributed by atoms with Crippen molar-refractivity contribution in [2.75, 3.05) is 19.7 Å². The van der Waals surface area contributed by atoms with Crippen LogP contribution >= 0.6 is 0 Å². The normalized spacial score (nSPS) is 17.8. The lowest BCUT2D eigenvalue weighted by atomic mass is 10.0. The lowest BCUT2D eigenvalue weighted by Gasteiger charge is -2.22. The molecule has 2 aromatic carbocycles. The van der Waals surface area contributed by atoms with Gasteiger partial charge in [-0.25, -0.2) is 13.5 Å². The molecule has 0 spiro atoms. The van der Waals surface area contributed by atoms with E-state index in [0.29, 0.717) is 24.1 Å². The van der Waals surface area contributed by atoms with Gasteiger partial charge in [-0.15, -0.1) is 5.10 Å². The number of ether oxygens (including phenoxy) is 1. The Balaban J connectivity index is 1.67. The molecule has 4 nitrogen and oxygen atoms in total. The summed E-state index contributed by atoms with van der Waals surface area (Å²) in [5.74, 6) is -0.791. The van der Waals surface area contributed by atoms with Crippen LogP contribution in [0, 0.1) is 17.6 Å². The lowest BCUT2D eigenvalue weighted by molar-refractivity contribution is 0.213. The standard InChI is InChI=1S/C19H19F2N3O/c20-16-8-7-14(10-17(16)21)24-18-6-2-1-5-15(18)19(23-24)25-12-13-4-3-9-22-11-13/h1-2,5-8,10,13,22H,3-4,9,11-12H2. The van der Waals surface area contributed by atoms with Gasteiger partial charge in [-0.2, -0.15) is 0 Å². The first-order valence-electron chi connectivity index (χ1n) is 8.49. The number of para-hydroxylation sites is 1. The summed E-state index contributed by atoms with van der Waals surface area (Å²) >= 11 is 0. The summed E-state index contributed by atoms with van der Waals surface area (Å²) in [6, 6.07) is 11.4. The minimum absolute atomic E-state index is 0.459. The van der Waals surface area contributed by atoms with E-state index in [9.17, 15) is 8.78 Å². The Morgan fingerprint density at radius 2 is 2.04 bits per heavy atom. The van der Waals surface area contributed by atoms with E-state index >= 15 is 0 Å². The molecule has 4 rings (SSSR count). The first-order chi connectivity index (χ1) is 12.2. The molecule has 0 saturated carbocycles. The largest absolute Gasteiger partial charge is 0.476 e. The molecule has 1 unspecified atom stereocenters. The van der Waals surface area contributed by atoms with Gasteiger partial charge in [0.25, 0.3) is 0 Å². The zero-order valence-corrected chi connectivity index (χ0v) is 13.7. The SMILES string of the molecule is Fc1ccc(-n2nc(OCC3CCCNC3)c3ccccc32)cc1F. The fourth-order valence-corrected chi connectivity index (χ4v) is 3.22. The van der Waals surface area contributed by atoms with Crippen molar-refractivity contribution in [3.8, 4) is 11.6 Å². The number of piperidine rings is 1. The Morgan fingerprint density at radius 3 is 2.84 bits per heavy atom. The summed E-state index contributed by atoms with van der Waals surface area (Å²) in [5.41, 5.74) is 1.26. The van der Waals surface area contributed by atoms with Crippen LogP contribution in [0.1, 0.15) is 12.8 Å². The maximum Gasteiger partial charge on any atom is 0.241 e. The van der Waals surface area contributed by atoms with Gasteiger partial charge in [0.1, 0.15) is 0 Å². The highest BCUT2D eigenvalue weighted by molar-refractivity contribution is 5.85. The topological polar surface area (TPSA) is 39.1 Å². The van der Waals surface area contributed by atoms with Crippen LogP contribution in [0.3, 0.4) is 0 Å². The Hall–Kier alpha value is -2.47. The van der Waals surface area contributed by atoms with E-state index < -0.39 is 11.6 Å². The molecule has 0 radical (unpaired) electrons. The predicted molar refractivity (Wildman–Crippen MR) is 92.1 cm³/mol. The second kappa shape index (κ2) is 6.80. The van der Waals surface area contributed by atoms with E-state index in [2.05, 4.69) is 10.4 Å². The molecule has 1 aliphatic rings. The van der Waals surface area contributed by atoms with Gasteiger partial charge in [0.2, 0.25) is 5.88 Å². The van der Waals surface area contributed by atoms with Crippen molar-refractivity contribution < 1.29 is 13.5 Å². The van der Waals surface area contributed by atoms with Crippen LogP contribution in [0.25, 0.3) is 16.6 Å². The number of aromatic nitrogens is 2. The van der Waals surface area contributed by atoms with Gasteiger partial charge in [-0.1, -0.05) is 12.1 Å². The van der Waals surface area contributed by atoms with E-state index in [1.165, 1.54) is 6.07 Å². The Bertz CT molecular complexity index is 888. The second-order valence-electron chi connectivity index (χ2n) is 6.36. The molecule has 3 aromatic rings. The number of nitrogens with zero attached hydrogens (tertiary/aromatic N) is 2. The molecule has 1 fully saturated rings. The van der Waals surface area contributed by atoms with Crippen molar-refractivity contribution >= 4 is 10.9 Å². The number of rotatable bonds is 4. The van der Waals surface area contributed by atoms with Crippen LogP contribution in [0.2, 0.25) is 0 Å². The molecule has 0 aliphatic carbocycles. The number of hydrogen-bond acceptors (Lipinski definition) is 3. The first kappa shape index (κ1) is 16.0. The van der Waals surface area contributed by atoms with Gasteiger partial charge in [-0.05, 0) is 43.7 Å². The quantitative estimate of drug-likeness (QED) is 0.785. The predicted octanol–water partition coefficient (Wildman–Crippen LogP) is 3.68. The van der Waals surface area contributed by atoms with Crippen LogP contribution in [0.4, 0.5) is 8.78 Å². The van der Waals surface area contributed by atoms with Crippen molar-refractivity contribution in [3.63, 3.8) is 0 Å². The third-order valence-corrected chi connectivity index (χ3v) is 4.56. The Morgan fingerprint density at radius 1 is 1.16 bits per heavy atom. The zero-order chi connectivity index (χ0) is 17.2. The van der Waals surface area contributed by atoms with E-state index in [-0.39, 0.29) is 0 Å². The highest BCUT2D eigenvalue weighted by atomic mass is 19.2. The number of fused-ring (bicyclic) bond motifs is 1. The highest BCUT2D eigenvalue weighted by Gasteiger charge is 2.17. The van der Waals surface area contributed by atoms with Crippen molar-refractivity contribution in [2.24, 2.45) is 5.92 Å². The number of halogens is 2. The van der Waals surface area contributed by atoms with Crippen LogP contribution in [0.5, 0.6) is 5.88 Å². The fourth-order valence-electron chi connectivity index (χ4n) is 3.22. The molecule has 1 saturated heterocycles. The highest BCUT2D eigenvalue weighted by Crippen LogP contribution is 2.28.